The van der Waals surface area contributed by atoms with E-state index in [0.717, 1.165) is 17.7 Å². The van der Waals surface area contributed by atoms with E-state index in [2.05, 4.69) is 39.4 Å². The number of carbonyl (C=O) groups is 3. The molecule has 0 saturated heterocycles. The molecule has 0 atom stereocenters. The number of carboxylic acid groups (broad SMARTS) is 1. The Balaban J connectivity index is 1.22. The molecule has 2 amide bonds. The van der Waals surface area contributed by atoms with Crippen molar-refractivity contribution in [2.24, 2.45) is 0 Å². The number of anilines is 1. The Bertz CT molecular complexity index is 1760. The summed E-state index contributed by atoms with van der Waals surface area (Å²) in [5.74, 6) is -0.950. The molecule has 61 heavy (non-hydrogen) atoms. The van der Waals surface area contributed by atoms with Gasteiger partial charge >= 0.3 is 5.97 Å². The quantitative estimate of drug-likeness (QED) is 0.0452. The zero-order chi connectivity index (χ0) is 43.8. The fraction of sp³-hybridized carbons (Fsp3) is 0.556. The van der Waals surface area contributed by atoms with Crippen LogP contribution in [0.5, 0.6) is 5.75 Å². The first-order valence-electron chi connectivity index (χ1n) is 21.5. The van der Waals surface area contributed by atoms with E-state index >= 15 is 0 Å². The Labute approximate surface area is 361 Å². The molecule has 0 aliphatic carbocycles. The number of nitrogens with one attached hydrogen (secondary N) is 3. The van der Waals surface area contributed by atoms with Gasteiger partial charge in [-0.3, -0.25) is 14.3 Å². The SMILES string of the molecule is CCCCCCCCCCCCCCc1ccc(OCc2ccc(S(=O)(=O)Nc3ccc(C(=O)NCCOCCOCC(=O)NCCOCCOCC(=O)O)cn3)cc2)cc1. The summed E-state index contributed by atoms with van der Waals surface area (Å²) in [6.45, 7) is 3.71. The molecule has 0 fully saturated rings. The molecule has 0 radical (unpaired) electrons. The minimum atomic E-state index is -3.93. The van der Waals surface area contributed by atoms with E-state index in [1.54, 1.807) is 12.1 Å². The number of amides is 2. The van der Waals surface area contributed by atoms with Gasteiger partial charge in [-0.15, -0.1) is 0 Å². The van der Waals surface area contributed by atoms with Gasteiger partial charge in [0.05, 0.1) is 50.1 Å². The van der Waals surface area contributed by atoms with Crippen LogP contribution in [0.2, 0.25) is 0 Å². The monoisotopic (exact) mass is 870 g/mol. The van der Waals surface area contributed by atoms with Crippen molar-refractivity contribution in [2.45, 2.75) is 102 Å². The fourth-order valence-corrected chi connectivity index (χ4v) is 7.06. The normalized spacial score (nSPS) is 11.3. The highest BCUT2D eigenvalue weighted by Crippen LogP contribution is 2.19. The highest BCUT2D eigenvalue weighted by atomic mass is 32.2. The van der Waals surface area contributed by atoms with Crippen molar-refractivity contribution in [3.63, 3.8) is 0 Å². The van der Waals surface area contributed by atoms with Crippen molar-refractivity contribution in [3.8, 4) is 5.75 Å². The highest BCUT2D eigenvalue weighted by Gasteiger charge is 2.16. The minimum Gasteiger partial charge on any atom is -0.489 e. The predicted octanol–water partition coefficient (Wildman–Crippen LogP) is 6.70. The maximum Gasteiger partial charge on any atom is 0.329 e. The number of rotatable bonds is 36. The van der Waals surface area contributed by atoms with E-state index in [0.29, 0.717) is 6.61 Å². The van der Waals surface area contributed by atoms with Crippen molar-refractivity contribution in [2.75, 3.05) is 70.7 Å². The molecule has 0 saturated carbocycles. The number of ether oxygens (including phenoxy) is 5. The topological polar surface area (TPSA) is 201 Å². The summed E-state index contributed by atoms with van der Waals surface area (Å²) in [5, 5.41) is 13.8. The second-order valence-electron chi connectivity index (χ2n) is 14.6. The number of carboxylic acids is 1. The average molecular weight is 871 g/mol. The summed E-state index contributed by atoms with van der Waals surface area (Å²) >= 11 is 0. The molecule has 338 valence electrons. The molecule has 0 aliphatic rings. The van der Waals surface area contributed by atoms with Crippen molar-refractivity contribution in [3.05, 3.63) is 83.6 Å². The average Bonchev–Trinajstić information content (AvgIpc) is 3.25. The summed E-state index contributed by atoms with van der Waals surface area (Å²) in [5.41, 5.74) is 2.37. The minimum absolute atomic E-state index is 0.0663. The van der Waals surface area contributed by atoms with Gasteiger partial charge in [-0.1, -0.05) is 102 Å². The van der Waals surface area contributed by atoms with Crippen LogP contribution in [0.4, 0.5) is 5.82 Å². The lowest BCUT2D eigenvalue weighted by atomic mass is 10.0. The van der Waals surface area contributed by atoms with E-state index < -0.39 is 21.9 Å². The number of pyridine rings is 1. The molecule has 3 rings (SSSR count). The predicted molar refractivity (Wildman–Crippen MR) is 233 cm³/mol. The number of sulfonamides is 1. The number of benzene rings is 2. The van der Waals surface area contributed by atoms with Gasteiger partial charge in [-0.2, -0.15) is 0 Å². The molecule has 0 unspecified atom stereocenters. The summed E-state index contributed by atoms with van der Waals surface area (Å²) in [6, 6.07) is 17.5. The number of aliphatic carboxylic acids is 1. The molecular formula is C45H66N4O11S. The third-order valence-electron chi connectivity index (χ3n) is 9.45. The van der Waals surface area contributed by atoms with Crippen LogP contribution in [0.1, 0.15) is 105 Å². The Hall–Kier alpha value is -4.61. The van der Waals surface area contributed by atoms with Gasteiger partial charge in [0.15, 0.2) is 0 Å². The number of aromatic nitrogens is 1. The third kappa shape index (κ3) is 23.8. The number of hydrogen-bond acceptors (Lipinski definition) is 11. The number of aryl methyl sites for hydroxylation is 1. The molecule has 15 nitrogen and oxygen atoms in total. The van der Waals surface area contributed by atoms with E-state index in [-0.39, 0.29) is 88.1 Å². The van der Waals surface area contributed by atoms with Crippen molar-refractivity contribution >= 4 is 33.6 Å². The number of carbonyl (C=O) groups excluding carboxylic acids is 2. The Morgan fingerprint density at radius 2 is 1.18 bits per heavy atom. The Morgan fingerprint density at radius 1 is 0.623 bits per heavy atom. The lowest BCUT2D eigenvalue weighted by Crippen LogP contribution is -2.31. The van der Waals surface area contributed by atoms with Crippen LogP contribution in [-0.2, 0) is 51.6 Å². The summed E-state index contributed by atoms with van der Waals surface area (Å²) < 4.78 is 55.2. The number of unbranched alkanes of at least 4 members (excludes halogenated alkanes) is 11. The van der Waals surface area contributed by atoms with Crippen LogP contribution in [0.25, 0.3) is 0 Å². The molecule has 1 heterocycles. The summed E-state index contributed by atoms with van der Waals surface area (Å²) in [7, 11) is -3.93. The maximum absolute atomic E-state index is 13.0. The van der Waals surface area contributed by atoms with Gasteiger partial charge in [0, 0.05) is 19.3 Å². The fourth-order valence-electron chi connectivity index (χ4n) is 6.06. The van der Waals surface area contributed by atoms with E-state index in [1.807, 2.05) is 12.1 Å². The van der Waals surface area contributed by atoms with E-state index in [9.17, 15) is 22.8 Å². The van der Waals surface area contributed by atoms with Crippen LogP contribution >= 0.6 is 0 Å². The van der Waals surface area contributed by atoms with Gasteiger partial charge in [0.2, 0.25) is 5.91 Å². The molecule has 1 aromatic heterocycles. The molecule has 0 spiro atoms. The van der Waals surface area contributed by atoms with E-state index in [4.69, 9.17) is 28.8 Å². The lowest BCUT2D eigenvalue weighted by Gasteiger charge is -2.10. The van der Waals surface area contributed by atoms with Crippen LogP contribution in [0.3, 0.4) is 0 Å². The lowest BCUT2D eigenvalue weighted by molar-refractivity contribution is -0.142. The molecule has 16 heteroatoms. The first-order chi connectivity index (χ1) is 29.7. The van der Waals surface area contributed by atoms with E-state index in [1.165, 1.54) is 113 Å². The van der Waals surface area contributed by atoms with Crippen LogP contribution < -0.4 is 20.1 Å². The Morgan fingerprint density at radius 3 is 1.77 bits per heavy atom. The molecule has 2 aromatic carbocycles. The van der Waals surface area contributed by atoms with Crippen molar-refractivity contribution in [1.29, 1.82) is 0 Å². The highest BCUT2D eigenvalue weighted by molar-refractivity contribution is 7.92. The van der Waals surface area contributed by atoms with Gasteiger partial charge < -0.3 is 39.4 Å². The van der Waals surface area contributed by atoms with Crippen LogP contribution in [0.15, 0.2) is 71.8 Å². The zero-order valence-electron chi connectivity index (χ0n) is 35.7. The Kier molecular flexibility index (Phi) is 26.0. The zero-order valence-corrected chi connectivity index (χ0v) is 36.5. The molecule has 0 aliphatic heterocycles. The van der Waals surface area contributed by atoms with Gasteiger partial charge in [0.1, 0.15) is 31.4 Å². The van der Waals surface area contributed by atoms with Gasteiger partial charge in [-0.05, 0) is 60.4 Å². The first-order valence-corrected chi connectivity index (χ1v) is 23.0. The summed E-state index contributed by atoms with van der Waals surface area (Å²) in [4.78, 5) is 38.8. The number of hydrogen-bond donors (Lipinski definition) is 4. The second-order valence-corrected chi connectivity index (χ2v) is 16.3. The first kappa shape index (κ1) is 50.7. The van der Waals surface area contributed by atoms with Crippen LogP contribution in [-0.4, -0.2) is 102 Å². The molecule has 0 bridgehead atoms. The van der Waals surface area contributed by atoms with Gasteiger partial charge in [0.25, 0.3) is 15.9 Å². The smallest absolute Gasteiger partial charge is 0.329 e. The van der Waals surface area contributed by atoms with Crippen LogP contribution in [0, 0.1) is 0 Å². The maximum atomic E-state index is 13.0. The van der Waals surface area contributed by atoms with Crippen molar-refractivity contribution in [1.82, 2.24) is 15.6 Å². The molecular weight excluding hydrogens is 805 g/mol. The molecule has 4 N–H and O–H groups in total. The second kappa shape index (κ2) is 31.3. The summed E-state index contributed by atoms with van der Waals surface area (Å²) in [6.07, 6.45) is 18.4. The van der Waals surface area contributed by atoms with Crippen molar-refractivity contribution < 1.29 is 51.6 Å². The largest absolute Gasteiger partial charge is 0.489 e. The van der Waals surface area contributed by atoms with Gasteiger partial charge in [-0.25, -0.2) is 18.2 Å². The standard InChI is InChI=1S/C45H66N4O11S/c1-2-3-4-5-6-7-8-9-10-11-12-13-14-37-15-20-40(21-16-37)60-34-38-17-22-41(23-18-38)61(54,55)49-42-24-19-39(33-48-42)45(53)47-26-28-57-29-31-58-35-43(50)46-25-27-56-30-32-59-36-44(51)52/h15-24,33H,2-14,25-32,34-36H2,1H3,(H,46,50)(H,47,53)(H,48,49)(H,51,52). The third-order valence-corrected chi connectivity index (χ3v) is 10.8. The molecule has 3 aromatic rings. The number of nitrogens with zero attached hydrogens (tertiary/aromatic N) is 1.